The molecule has 6 heteroatoms. The molecule has 1 saturated heterocycles. The fourth-order valence-corrected chi connectivity index (χ4v) is 2.66. The van der Waals surface area contributed by atoms with Crippen LogP contribution in [0.15, 0.2) is 30.5 Å². The first kappa shape index (κ1) is 13.5. The second-order valence-corrected chi connectivity index (χ2v) is 5.12. The molecule has 21 heavy (non-hydrogen) atoms. The molecule has 5 N–H and O–H groups in total. The quantitative estimate of drug-likeness (QED) is 0.786. The second kappa shape index (κ2) is 5.49. The summed E-state index contributed by atoms with van der Waals surface area (Å²) in [5.41, 5.74) is 14.2. The van der Waals surface area contributed by atoms with Crippen LogP contribution in [0, 0.1) is 0 Å². The van der Waals surface area contributed by atoms with Crippen molar-refractivity contribution >= 4 is 11.9 Å². The number of anilines is 1. The van der Waals surface area contributed by atoms with Gasteiger partial charge in [-0.25, -0.2) is 9.97 Å². The van der Waals surface area contributed by atoms with Gasteiger partial charge >= 0.3 is 0 Å². The van der Waals surface area contributed by atoms with Crippen molar-refractivity contribution in [2.24, 2.45) is 5.73 Å². The number of primary amides is 1. The summed E-state index contributed by atoms with van der Waals surface area (Å²) in [6, 6.07) is 7.34. The molecule has 3 rings (SSSR count). The lowest BCUT2D eigenvalue weighted by molar-refractivity contribution is 0.100. The summed E-state index contributed by atoms with van der Waals surface area (Å²) >= 11 is 0. The standard InChI is InChI=1S/C15H17N5O/c16-14(21)10-4-1-3-9(7-10)11-8-19-15(17)20-13(11)12-5-2-6-18-12/h1,3-4,7-8,12,18H,2,5-6H2,(H2,16,21)(H2,17,19,20). The predicted octanol–water partition coefficient (Wildman–Crippen LogP) is 1.25. The number of nitrogen functional groups attached to an aromatic ring is 1. The normalized spacial score (nSPS) is 17.8. The molecule has 1 aromatic carbocycles. The molecule has 6 nitrogen and oxygen atoms in total. The van der Waals surface area contributed by atoms with E-state index in [4.69, 9.17) is 11.5 Å². The van der Waals surface area contributed by atoms with Gasteiger partial charge in [0.1, 0.15) is 0 Å². The van der Waals surface area contributed by atoms with Crippen LogP contribution in [0.3, 0.4) is 0 Å². The monoisotopic (exact) mass is 283 g/mol. The minimum atomic E-state index is -0.450. The van der Waals surface area contributed by atoms with Gasteiger partial charge < -0.3 is 16.8 Å². The Bertz CT molecular complexity index is 680. The fourth-order valence-electron chi connectivity index (χ4n) is 2.66. The number of nitrogens with zero attached hydrogens (tertiary/aromatic N) is 2. The number of hydrogen-bond donors (Lipinski definition) is 3. The first-order valence-corrected chi connectivity index (χ1v) is 6.91. The number of aromatic nitrogens is 2. The number of carbonyl (C=O) groups excluding carboxylic acids is 1. The SMILES string of the molecule is NC(=O)c1cccc(-c2cnc(N)nc2C2CCCN2)c1. The largest absolute Gasteiger partial charge is 0.368 e. The highest BCUT2D eigenvalue weighted by molar-refractivity contribution is 5.94. The van der Waals surface area contributed by atoms with Crippen LogP contribution in [0.5, 0.6) is 0 Å². The highest BCUT2D eigenvalue weighted by Crippen LogP contribution is 2.31. The number of rotatable bonds is 3. The van der Waals surface area contributed by atoms with Crippen molar-refractivity contribution < 1.29 is 4.79 Å². The summed E-state index contributed by atoms with van der Waals surface area (Å²) in [4.78, 5) is 19.8. The lowest BCUT2D eigenvalue weighted by Gasteiger charge is -2.15. The molecule has 1 unspecified atom stereocenters. The Hall–Kier alpha value is -2.47. The number of nitrogens with two attached hydrogens (primary N) is 2. The van der Waals surface area contributed by atoms with Crippen molar-refractivity contribution in [3.63, 3.8) is 0 Å². The van der Waals surface area contributed by atoms with Crippen molar-refractivity contribution in [1.29, 1.82) is 0 Å². The number of benzene rings is 1. The topological polar surface area (TPSA) is 107 Å². The van der Waals surface area contributed by atoms with Crippen LogP contribution in [0.4, 0.5) is 5.95 Å². The van der Waals surface area contributed by atoms with Gasteiger partial charge in [-0.05, 0) is 37.1 Å². The highest BCUT2D eigenvalue weighted by Gasteiger charge is 2.22. The minimum Gasteiger partial charge on any atom is -0.368 e. The Kier molecular flexibility index (Phi) is 3.53. The van der Waals surface area contributed by atoms with E-state index in [2.05, 4.69) is 15.3 Å². The van der Waals surface area contributed by atoms with Crippen molar-refractivity contribution in [3.8, 4) is 11.1 Å². The van der Waals surface area contributed by atoms with Crippen LogP contribution in [0.1, 0.15) is 34.9 Å². The lowest BCUT2D eigenvalue weighted by Crippen LogP contribution is -2.17. The molecular formula is C15H17N5O. The summed E-state index contributed by atoms with van der Waals surface area (Å²) in [7, 11) is 0. The van der Waals surface area contributed by atoms with Gasteiger partial charge in [0.25, 0.3) is 0 Å². The highest BCUT2D eigenvalue weighted by atomic mass is 16.1. The van der Waals surface area contributed by atoms with Crippen LogP contribution in [0.2, 0.25) is 0 Å². The van der Waals surface area contributed by atoms with Crippen molar-refractivity contribution in [1.82, 2.24) is 15.3 Å². The molecular weight excluding hydrogens is 266 g/mol. The van der Waals surface area contributed by atoms with Crippen molar-refractivity contribution in [3.05, 3.63) is 41.7 Å². The molecule has 108 valence electrons. The van der Waals surface area contributed by atoms with E-state index in [1.807, 2.05) is 6.07 Å². The van der Waals surface area contributed by atoms with Gasteiger partial charge in [-0.15, -0.1) is 0 Å². The molecule has 1 aliphatic heterocycles. The van der Waals surface area contributed by atoms with Gasteiger partial charge in [0.15, 0.2) is 0 Å². The third kappa shape index (κ3) is 2.71. The molecule has 0 aliphatic carbocycles. The van der Waals surface area contributed by atoms with Gasteiger partial charge in [-0.3, -0.25) is 4.79 Å². The summed E-state index contributed by atoms with van der Waals surface area (Å²) in [6.45, 7) is 0.968. The molecule has 0 saturated carbocycles. The first-order valence-electron chi connectivity index (χ1n) is 6.91. The smallest absolute Gasteiger partial charge is 0.248 e. The van der Waals surface area contributed by atoms with Crippen LogP contribution in [-0.4, -0.2) is 22.4 Å². The van der Waals surface area contributed by atoms with Crippen LogP contribution in [0.25, 0.3) is 11.1 Å². The molecule has 2 heterocycles. The second-order valence-electron chi connectivity index (χ2n) is 5.12. The average molecular weight is 283 g/mol. The zero-order valence-corrected chi connectivity index (χ0v) is 11.5. The van der Waals surface area contributed by atoms with E-state index in [0.717, 1.165) is 36.2 Å². The van der Waals surface area contributed by atoms with Gasteiger partial charge in [0.2, 0.25) is 11.9 Å². The van der Waals surface area contributed by atoms with Gasteiger partial charge in [-0.2, -0.15) is 0 Å². The van der Waals surface area contributed by atoms with E-state index in [1.165, 1.54) is 0 Å². The molecule has 1 atom stereocenters. The zero-order chi connectivity index (χ0) is 14.8. The summed E-state index contributed by atoms with van der Waals surface area (Å²) in [5.74, 6) is -0.192. The Morgan fingerprint density at radius 3 is 2.95 bits per heavy atom. The Morgan fingerprint density at radius 2 is 2.24 bits per heavy atom. The maximum atomic E-state index is 11.3. The lowest BCUT2D eigenvalue weighted by atomic mass is 9.99. The maximum absolute atomic E-state index is 11.3. The van der Waals surface area contributed by atoms with Gasteiger partial charge in [-0.1, -0.05) is 12.1 Å². The van der Waals surface area contributed by atoms with Crippen LogP contribution in [-0.2, 0) is 0 Å². The van der Waals surface area contributed by atoms with Crippen molar-refractivity contribution in [2.75, 3.05) is 12.3 Å². The third-order valence-electron chi connectivity index (χ3n) is 3.69. The molecule has 2 aromatic rings. The van der Waals surface area contributed by atoms with Crippen LogP contribution < -0.4 is 16.8 Å². The molecule has 0 spiro atoms. The van der Waals surface area contributed by atoms with E-state index < -0.39 is 5.91 Å². The summed E-state index contributed by atoms with van der Waals surface area (Å²) in [5, 5.41) is 3.41. The average Bonchev–Trinajstić information content (AvgIpc) is 3.01. The first-order chi connectivity index (χ1) is 10.1. The number of carbonyl (C=O) groups is 1. The summed E-state index contributed by atoms with van der Waals surface area (Å²) in [6.07, 6.45) is 3.83. The van der Waals surface area contributed by atoms with E-state index >= 15 is 0 Å². The Balaban J connectivity index is 2.09. The van der Waals surface area contributed by atoms with Crippen LogP contribution >= 0.6 is 0 Å². The Morgan fingerprint density at radius 1 is 1.38 bits per heavy atom. The number of nitrogens with one attached hydrogen (secondary N) is 1. The maximum Gasteiger partial charge on any atom is 0.248 e. The van der Waals surface area contributed by atoms with E-state index in [-0.39, 0.29) is 12.0 Å². The molecule has 1 aromatic heterocycles. The van der Waals surface area contributed by atoms with Gasteiger partial charge in [0, 0.05) is 17.3 Å². The minimum absolute atomic E-state index is 0.169. The predicted molar refractivity (Wildman–Crippen MR) is 80.4 cm³/mol. The third-order valence-corrected chi connectivity index (χ3v) is 3.69. The van der Waals surface area contributed by atoms with E-state index in [1.54, 1.807) is 24.4 Å². The molecule has 0 radical (unpaired) electrons. The molecule has 1 amide bonds. The van der Waals surface area contributed by atoms with E-state index in [0.29, 0.717) is 5.56 Å². The fraction of sp³-hybridized carbons (Fsp3) is 0.267. The van der Waals surface area contributed by atoms with Gasteiger partial charge in [0.05, 0.1) is 11.7 Å². The molecule has 1 aliphatic rings. The molecule has 0 bridgehead atoms. The molecule has 1 fully saturated rings. The van der Waals surface area contributed by atoms with Crippen molar-refractivity contribution in [2.45, 2.75) is 18.9 Å². The Labute approximate surface area is 122 Å². The van der Waals surface area contributed by atoms with E-state index in [9.17, 15) is 4.79 Å². The zero-order valence-electron chi connectivity index (χ0n) is 11.5. The summed E-state index contributed by atoms with van der Waals surface area (Å²) < 4.78 is 0. The number of amides is 1. The number of hydrogen-bond acceptors (Lipinski definition) is 5.